The van der Waals surface area contributed by atoms with Gasteiger partial charge < -0.3 is 15.3 Å². The molecule has 106 valence electrons. The predicted octanol–water partition coefficient (Wildman–Crippen LogP) is 3.62. The average molecular weight is 305 g/mol. The summed E-state index contributed by atoms with van der Waals surface area (Å²) in [5.74, 6) is 0. The highest BCUT2D eigenvalue weighted by molar-refractivity contribution is 6.42. The number of nitrogens with zero attached hydrogens (tertiary/aromatic N) is 1. The van der Waals surface area contributed by atoms with E-state index in [1.165, 1.54) is 0 Å². The third-order valence-corrected chi connectivity index (χ3v) is 3.41. The second kappa shape index (κ2) is 8.25. The number of urea groups is 1. The first-order valence-corrected chi connectivity index (χ1v) is 6.88. The van der Waals surface area contributed by atoms with Crippen LogP contribution in [-0.2, 0) is 0 Å². The van der Waals surface area contributed by atoms with Gasteiger partial charge in [-0.2, -0.15) is 0 Å². The lowest BCUT2D eigenvalue weighted by atomic mass is 10.2. The zero-order valence-corrected chi connectivity index (χ0v) is 12.3. The molecule has 0 radical (unpaired) electrons. The van der Waals surface area contributed by atoms with E-state index in [-0.39, 0.29) is 12.6 Å². The summed E-state index contributed by atoms with van der Waals surface area (Å²) in [6.07, 6.45) is 2.54. The van der Waals surface area contributed by atoms with Crippen molar-refractivity contribution in [2.24, 2.45) is 0 Å². The standard InChI is InChI=1S/C13H18Cl2N2O2/c1-17(7-3-2-4-8-18)13(19)16-10-5-6-11(14)12(15)9-10/h5-6,9,18H,2-4,7-8H2,1H3,(H,16,19). The van der Waals surface area contributed by atoms with Gasteiger partial charge in [0.05, 0.1) is 10.0 Å². The lowest BCUT2D eigenvalue weighted by Gasteiger charge is -2.18. The summed E-state index contributed by atoms with van der Waals surface area (Å²) >= 11 is 11.7. The summed E-state index contributed by atoms with van der Waals surface area (Å²) in [7, 11) is 1.73. The number of anilines is 1. The fourth-order valence-corrected chi connectivity index (χ4v) is 1.83. The van der Waals surface area contributed by atoms with Crippen molar-refractivity contribution in [2.45, 2.75) is 19.3 Å². The van der Waals surface area contributed by atoms with Gasteiger partial charge in [0.2, 0.25) is 0 Å². The number of benzene rings is 1. The maximum absolute atomic E-state index is 11.9. The first kappa shape index (κ1) is 16.1. The van der Waals surface area contributed by atoms with Gasteiger partial charge in [-0.05, 0) is 37.5 Å². The molecule has 4 nitrogen and oxygen atoms in total. The summed E-state index contributed by atoms with van der Waals surface area (Å²) in [4.78, 5) is 13.5. The molecule has 0 unspecified atom stereocenters. The van der Waals surface area contributed by atoms with Crippen LogP contribution in [0.4, 0.5) is 10.5 Å². The minimum Gasteiger partial charge on any atom is -0.396 e. The lowest BCUT2D eigenvalue weighted by molar-refractivity contribution is 0.220. The van der Waals surface area contributed by atoms with E-state index in [0.717, 1.165) is 19.3 Å². The summed E-state index contributed by atoms with van der Waals surface area (Å²) in [5, 5.41) is 12.3. The van der Waals surface area contributed by atoms with Crippen molar-refractivity contribution in [2.75, 3.05) is 25.5 Å². The predicted molar refractivity (Wildman–Crippen MR) is 79.0 cm³/mol. The quantitative estimate of drug-likeness (QED) is 0.789. The molecule has 0 spiro atoms. The van der Waals surface area contributed by atoms with E-state index in [9.17, 15) is 4.79 Å². The number of amides is 2. The number of carbonyl (C=O) groups excluding carboxylic acids is 1. The van der Waals surface area contributed by atoms with Crippen molar-refractivity contribution in [1.82, 2.24) is 4.90 Å². The molecule has 0 aliphatic rings. The molecule has 0 saturated heterocycles. The second-order valence-electron chi connectivity index (χ2n) is 4.26. The van der Waals surface area contributed by atoms with Crippen molar-refractivity contribution < 1.29 is 9.90 Å². The molecule has 1 rings (SSSR count). The minimum atomic E-state index is -0.192. The van der Waals surface area contributed by atoms with E-state index in [2.05, 4.69) is 5.32 Å². The lowest BCUT2D eigenvalue weighted by Crippen LogP contribution is -2.32. The van der Waals surface area contributed by atoms with Crippen LogP contribution >= 0.6 is 23.2 Å². The van der Waals surface area contributed by atoms with Gasteiger partial charge in [0.15, 0.2) is 0 Å². The number of unbranched alkanes of at least 4 members (excludes halogenated alkanes) is 2. The molecule has 19 heavy (non-hydrogen) atoms. The average Bonchev–Trinajstić information content (AvgIpc) is 2.38. The van der Waals surface area contributed by atoms with Crippen LogP contribution in [-0.4, -0.2) is 36.2 Å². The van der Waals surface area contributed by atoms with E-state index in [1.54, 1.807) is 30.1 Å². The van der Waals surface area contributed by atoms with Crippen molar-refractivity contribution in [3.05, 3.63) is 28.2 Å². The van der Waals surface area contributed by atoms with Gasteiger partial charge in [0.25, 0.3) is 0 Å². The van der Waals surface area contributed by atoms with Crippen LogP contribution in [0.15, 0.2) is 18.2 Å². The van der Waals surface area contributed by atoms with Gasteiger partial charge in [-0.1, -0.05) is 23.2 Å². The largest absolute Gasteiger partial charge is 0.396 e. The van der Waals surface area contributed by atoms with Crippen LogP contribution in [0.25, 0.3) is 0 Å². The van der Waals surface area contributed by atoms with Gasteiger partial charge in [-0.3, -0.25) is 0 Å². The van der Waals surface area contributed by atoms with Gasteiger partial charge >= 0.3 is 6.03 Å². The summed E-state index contributed by atoms with van der Waals surface area (Å²) in [6, 6.07) is 4.76. The zero-order chi connectivity index (χ0) is 14.3. The maximum atomic E-state index is 11.9. The monoisotopic (exact) mass is 304 g/mol. The van der Waals surface area contributed by atoms with Crippen molar-refractivity contribution in [3.63, 3.8) is 0 Å². The molecule has 2 amide bonds. The summed E-state index contributed by atoms with van der Waals surface area (Å²) in [5.41, 5.74) is 0.613. The van der Waals surface area contributed by atoms with E-state index in [1.807, 2.05) is 0 Å². The fourth-order valence-electron chi connectivity index (χ4n) is 1.53. The number of hydrogen-bond donors (Lipinski definition) is 2. The Balaban J connectivity index is 2.42. The Bertz CT molecular complexity index is 427. The first-order chi connectivity index (χ1) is 9.04. The van der Waals surface area contributed by atoms with E-state index >= 15 is 0 Å². The highest BCUT2D eigenvalue weighted by Crippen LogP contribution is 2.25. The zero-order valence-electron chi connectivity index (χ0n) is 10.8. The van der Waals surface area contributed by atoms with E-state index in [4.69, 9.17) is 28.3 Å². The number of halogens is 2. The van der Waals surface area contributed by atoms with E-state index in [0.29, 0.717) is 22.3 Å². The Kier molecular flexibility index (Phi) is 6.99. The molecule has 0 atom stereocenters. The number of aliphatic hydroxyl groups excluding tert-OH is 1. The van der Waals surface area contributed by atoms with Crippen molar-refractivity contribution in [3.8, 4) is 0 Å². The highest BCUT2D eigenvalue weighted by atomic mass is 35.5. The van der Waals surface area contributed by atoms with Crippen LogP contribution in [0.3, 0.4) is 0 Å². The SMILES string of the molecule is CN(CCCCCO)C(=O)Nc1ccc(Cl)c(Cl)c1. The molecule has 0 aromatic heterocycles. The normalized spacial score (nSPS) is 10.3. The molecule has 1 aromatic rings. The summed E-state index contributed by atoms with van der Waals surface area (Å²) < 4.78 is 0. The van der Waals surface area contributed by atoms with E-state index < -0.39 is 0 Å². The van der Waals surface area contributed by atoms with Gasteiger partial charge in [0, 0.05) is 25.9 Å². The van der Waals surface area contributed by atoms with Crippen LogP contribution in [0.5, 0.6) is 0 Å². The molecule has 0 fully saturated rings. The summed E-state index contributed by atoms with van der Waals surface area (Å²) in [6.45, 7) is 0.840. The number of nitrogens with one attached hydrogen (secondary N) is 1. The Hall–Kier alpha value is -0.970. The smallest absolute Gasteiger partial charge is 0.321 e. The van der Waals surface area contributed by atoms with Gasteiger partial charge in [-0.25, -0.2) is 4.79 Å². The first-order valence-electron chi connectivity index (χ1n) is 6.12. The Morgan fingerprint density at radius 1 is 1.26 bits per heavy atom. The Labute approximate surface area is 123 Å². The van der Waals surface area contributed by atoms with Crippen LogP contribution in [0.1, 0.15) is 19.3 Å². The van der Waals surface area contributed by atoms with Gasteiger partial charge in [-0.15, -0.1) is 0 Å². The maximum Gasteiger partial charge on any atom is 0.321 e. The molecular formula is C13H18Cl2N2O2. The number of carbonyl (C=O) groups is 1. The van der Waals surface area contributed by atoms with Crippen LogP contribution in [0, 0.1) is 0 Å². The minimum absolute atomic E-state index is 0.192. The number of aliphatic hydroxyl groups is 1. The molecule has 0 heterocycles. The highest BCUT2D eigenvalue weighted by Gasteiger charge is 2.09. The molecule has 0 saturated carbocycles. The third kappa shape index (κ3) is 5.68. The topological polar surface area (TPSA) is 52.6 Å². The van der Waals surface area contributed by atoms with Crippen LogP contribution < -0.4 is 5.32 Å². The molecule has 0 aliphatic carbocycles. The van der Waals surface area contributed by atoms with Crippen molar-refractivity contribution >= 4 is 34.9 Å². The van der Waals surface area contributed by atoms with Gasteiger partial charge in [0.1, 0.15) is 0 Å². The molecule has 6 heteroatoms. The fraction of sp³-hybridized carbons (Fsp3) is 0.462. The van der Waals surface area contributed by atoms with Crippen LogP contribution in [0.2, 0.25) is 10.0 Å². The molecule has 2 N–H and O–H groups in total. The Morgan fingerprint density at radius 2 is 2.00 bits per heavy atom. The van der Waals surface area contributed by atoms with Crippen molar-refractivity contribution in [1.29, 1.82) is 0 Å². The molecule has 0 aliphatic heterocycles. The number of rotatable bonds is 6. The Morgan fingerprint density at radius 3 is 2.63 bits per heavy atom. The molecule has 1 aromatic carbocycles. The second-order valence-corrected chi connectivity index (χ2v) is 5.08. The third-order valence-electron chi connectivity index (χ3n) is 2.67. The molecular weight excluding hydrogens is 287 g/mol. The number of hydrogen-bond acceptors (Lipinski definition) is 2. The molecule has 0 bridgehead atoms.